The van der Waals surface area contributed by atoms with Crippen molar-refractivity contribution in [3.05, 3.63) is 48.6 Å². The third-order valence-electron chi connectivity index (χ3n) is 2.27. The van der Waals surface area contributed by atoms with Gasteiger partial charge in [0, 0.05) is 13.1 Å². The largest absolute Gasteiger partial charge is 0.445 e. The summed E-state index contributed by atoms with van der Waals surface area (Å²) in [4.78, 5) is 11.3. The van der Waals surface area contributed by atoms with Crippen molar-refractivity contribution < 1.29 is 17.9 Å². The number of rotatable bonds is 8. The number of hydrogen-bond acceptors (Lipinski definition) is 4. The first-order valence-corrected chi connectivity index (χ1v) is 7.71. The first-order chi connectivity index (χ1) is 9.53. The standard InChI is InChI=1S/C13H18N2O4S/c1-2-10-20(17,18)15-9-8-14-13(16)19-11-12-6-4-3-5-7-12/h2-7,15H,1,8-11H2,(H,14,16). The van der Waals surface area contributed by atoms with Crippen LogP contribution in [0.4, 0.5) is 4.79 Å². The molecule has 0 aliphatic carbocycles. The molecule has 0 unspecified atom stereocenters. The van der Waals surface area contributed by atoms with E-state index in [1.807, 2.05) is 30.3 Å². The third kappa shape index (κ3) is 6.91. The van der Waals surface area contributed by atoms with Gasteiger partial charge in [-0.25, -0.2) is 17.9 Å². The molecule has 7 heteroatoms. The van der Waals surface area contributed by atoms with Crippen LogP contribution in [-0.4, -0.2) is 33.4 Å². The van der Waals surface area contributed by atoms with Crippen molar-refractivity contribution in [2.45, 2.75) is 6.61 Å². The van der Waals surface area contributed by atoms with Crippen molar-refractivity contribution in [1.82, 2.24) is 10.0 Å². The Bertz CT molecular complexity index is 529. The lowest BCUT2D eigenvalue weighted by Gasteiger charge is -2.08. The molecule has 0 radical (unpaired) electrons. The van der Waals surface area contributed by atoms with Gasteiger partial charge in [-0.15, -0.1) is 6.58 Å². The fraction of sp³-hybridized carbons (Fsp3) is 0.308. The minimum absolute atomic E-state index is 0.108. The van der Waals surface area contributed by atoms with Crippen molar-refractivity contribution in [2.75, 3.05) is 18.8 Å². The van der Waals surface area contributed by atoms with Gasteiger partial charge in [-0.3, -0.25) is 0 Å². The van der Waals surface area contributed by atoms with Crippen LogP contribution in [0.25, 0.3) is 0 Å². The van der Waals surface area contributed by atoms with E-state index in [4.69, 9.17) is 4.74 Å². The summed E-state index contributed by atoms with van der Waals surface area (Å²) in [6.07, 6.45) is 0.709. The van der Waals surface area contributed by atoms with Gasteiger partial charge in [-0.1, -0.05) is 36.4 Å². The lowest BCUT2D eigenvalue weighted by molar-refractivity contribution is 0.140. The number of sulfonamides is 1. The van der Waals surface area contributed by atoms with Crippen molar-refractivity contribution in [2.24, 2.45) is 0 Å². The quantitative estimate of drug-likeness (QED) is 0.554. The molecule has 0 atom stereocenters. The zero-order valence-corrected chi connectivity index (χ0v) is 11.9. The molecule has 0 aromatic heterocycles. The number of benzene rings is 1. The van der Waals surface area contributed by atoms with Gasteiger partial charge in [0.15, 0.2) is 0 Å². The van der Waals surface area contributed by atoms with Crippen LogP contribution in [0.15, 0.2) is 43.0 Å². The van der Waals surface area contributed by atoms with Crippen LogP contribution in [0.2, 0.25) is 0 Å². The number of hydrogen-bond donors (Lipinski definition) is 2. The molecule has 0 saturated heterocycles. The normalized spacial score (nSPS) is 10.8. The SMILES string of the molecule is C=CCS(=O)(=O)NCCNC(=O)OCc1ccccc1. The average molecular weight is 298 g/mol. The monoisotopic (exact) mass is 298 g/mol. The molecule has 1 aromatic rings. The first-order valence-electron chi connectivity index (χ1n) is 6.06. The Hall–Kier alpha value is -1.86. The van der Waals surface area contributed by atoms with Crippen LogP contribution in [0.3, 0.4) is 0 Å². The number of carbonyl (C=O) groups excluding carboxylic acids is 1. The van der Waals surface area contributed by atoms with Gasteiger partial charge < -0.3 is 10.1 Å². The zero-order chi connectivity index (χ0) is 14.8. The van der Waals surface area contributed by atoms with Gasteiger partial charge in [0.1, 0.15) is 6.61 Å². The predicted octanol–water partition coefficient (Wildman–Crippen LogP) is 1.02. The lowest BCUT2D eigenvalue weighted by atomic mass is 10.2. The number of ether oxygens (including phenoxy) is 1. The second-order valence-corrected chi connectivity index (χ2v) is 5.80. The Labute approximate surface area is 118 Å². The molecule has 1 aromatic carbocycles. The highest BCUT2D eigenvalue weighted by atomic mass is 32.2. The zero-order valence-electron chi connectivity index (χ0n) is 11.0. The van der Waals surface area contributed by atoms with E-state index in [9.17, 15) is 13.2 Å². The summed E-state index contributed by atoms with van der Waals surface area (Å²) in [5.74, 6) is -0.147. The highest BCUT2D eigenvalue weighted by Gasteiger charge is 2.07. The van der Waals surface area contributed by atoms with Gasteiger partial charge >= 0.3 is 6.09 Å². The van der Waals surface area contributed by atoms with Gasteiger partial charge in [-0.05, 0) is 5.56 Å². The summed E-state index contributed by atoms with van der Waals surface area (Å²) >= 11 is 0. The maximum absolute atomic E-state index is 11.3. The smallest absolute Gasteiger partial charge is 0.407 e. The van der Waals surface area contributed by atoms with Crippen molar-refractivity contribution in [3.8, 4) is 0 Å². The summed E-state index contributed by atoms with van der Waals surface area (Å²) in [5, 5.41) is 2.45. The molecular weight excluding hydrogens is 280 g/mol. The van der Waals surface area contributed by atoms with Crippen LogP contribution in [0, 0.1) is 0 Å². The summed E-state index contributed by atoms with van der Waals surface area (Å²) in [6, 6.07) is 9.27. The summed E-state index contributed by atoms with van der Waals surface area (Å²) < 4.78 is 29.8. The minimum Gasteiger partial charge on any atom is -0.445 e. The molecule has 0 heterocycles. The van der Waals surface area contributed by atoms with Gasteiger partial charge in [0.25, 0.3) is 0 Å². The van der Waals surface area contributed by atoms with Crippen molar-refractivity contribution in [1.29, 1.82) is 0 Å². The van der Waals surface area contributed by atoms with E-state index >= 15 is 0 Å². The number of nitrogens with one attached hydrogen (secondary N) is 2. The molecule has 0 spiro atoms. The minimum atomic E-state index is -3.35. The second-order valence-electron chi connectivity index (χ2n) is 3.95. The van der Waals surface area contributed by atoms with E-state index in [0.717, 1.165) is 5.56 Å². The Kier molecular flexibility index (Phi) is 6.75. The Morgan fingerprint density at radius 1 is 1.25 bits per heavy atom. The Balaban J connectivity index is 2.16. The van der Waals surface area contributed by atoms with Gasteiger partial charge in [-0.2, -0.15) is 0 Å². The van der Waals surface area contributed by atoms with E-state index in [0.29, 0.717) is 0 Å². The van der Waals surface area contributed by atoms with Crippen molar-refractivity contribution in [3.63, 3.8) is 0 Å². The van der Waals surface area contributed by atoms with Gasteiger partial charge in [0.2, 0.25) is 10.0 Å². The first kappa shape index (κ1) is 16.2. The van der Waals surface area contributed by atoms with Crippen LogP contribution in [0.1, 0.15) is 5.56 Å². The molecule has 0 bridgehead atoms. The topological polar surface area (TPSA) is 84.5 Å². The van der Waals surface area contributed by atoms with E-state index < -0.39 is 16.1 Å². The summed E-state index contributed by atoms with van der Waals surface area (Å²) in [6.45, 7) is 3.79. The van der Waals surface area contributed by atoms with E-state index in [-0.39, 0.29) is 25.4 Å². The molecule has 2 N–H and O–H groups in total. The molecule has 110 valence electrons. The van der Waals surface area contributed by atoms with E-state index in [2.05, 4.69) is 16.6 Å². The maximum atomic E-state index is 11.3. The molecule has 0 saturated carbocycles. The van der Waals surface area contributed by atoms with Crippen LogP contribution < -0.4 is 10.0 Å². The van der Waals surface area contributed by atoms with Crippen LogP contribution >= 0.6 is 0 Å². The van der Waals surface area contributed by atoms with E-state index in [1.165, 1.54) is 6.08 Å². The fourth-order valence-corrected chi connectivity index (χ4v) is 2.20. The maximum Gasteiger partial charge on any atom is 0.407 e. The van der Waals surface area contributed by atoms with Crippen molar-refractivity contribution >= 4 is 16.1 Å². The number of amides is 1. The molecule has 1 amide bonds. The summed E-state index contributed by atoms with van der Waals surface area (Å²) in [5.41, 5.74) is 0.884. The molecule has 0 fully saturated rings. The number of carbonyl (C=O) groups is 1. The molecule has 0 aliphatic rings. The predicted molar refractivity (Wildman–Crippen MR) is 76.6 cm³/mol. The second kappa shape index (κ2) is 8.34. The Morgan fingerprint density at radius 2 is 1.95 bits per heavy atom. The van der Waals surface area contributed by atoms with E-state index in [1.54, 1.807) is 0 Å². The lowest BCUT2D eigenvalue weighted by Crippen LogP contribution is -2.35. The van der Waals surface area contributed by atoms with Gasteiger partial charge in [0.05, 0.1) is 5.75 Å². The fourth-order valence-electron chi connectivity index (χ4n) is 1.36. The van der Waals surface area contributed by atoms with Crippen LogP contribution in [0.5, 0.6) is 0 Å². The Morgan fingerprint density at radius 3 is 2.60 bits per heavy atom. The average Bonchev–Trinajstić information content (AvgIpc) is 2.42. The van der Waals surface area contributed by atoms with Crippen LogP contribution in [-0.2, 0) is 21.4 Å². The highest BCUT2D eigenvalue weighted by Crippen LogP contribution is 2.00. The third-order valence-corrected chi connectivity index (χ3v) is 3.58. The highest BCUT2D eigenvalue weighted by molar-refractivity contribution is 7.89. The number of alkyl carbamates (subject to hydrolysis) is 1. The molecule has 1 rings (SSSR count). The molecular formula is C13H18N2O4S. The molecule has 6 nitrogen and oxygen atoms in total. The molecule has 20 heavy (non-hydrogen) atoms. The molecule has 0 aliphatic heterocycles. The summed E-state index contributed by atoms with van der Waals surface area (Å²) in [7, 11) is -3.35.